The van der Waals surface area contributed by atoms with Crippen molar-refractivity contribution in [2.75, 3.05) is 44.9 Å². The van der Waals surface area contributed by atoms with Crippen LogP contribution in [0.15, 0.2) is 24.3 Å². The zero-order valence-corrected chi connectivity index (χ0v) is 22.1. The van der Waals surface area contributed by atoms with Crippen molar-refractivity contribution in [2.45, 2.75) is 26.7 Å². The van der Waals surface area contributed by atoms with E-state index in [1.165, 1.54) is 26.4 Å². The molecule has 0 amide bonds. The van der Waals surface area contributed by atoms with Crippen molar-refractivity contribution in [3.8, 4) is 11.5 Å². The fourth-order valence-electron chi connectivity index (χ4n) is 2.88. The second-order valence-corrected chi connectivity index (χ2v) is 8.12. The first kappa shape index (κ1) is 30.8. The number of benzene rings is 2. The summed E-state index contributed by atoms with van der Waals surface area (Å²) in [7, 11) is 2.49. The Kier molecular flexibility index (Phi) is 13.4. The Bertz CT molecular complexity index is 1060. The number of rotatable bonds is 11. The molecule has 0 fully saturated rings. The van der Waals surface area contributed by atoms with Gasteiger partial charge in [-0.3, -0.25) is 10.1 Å². The smallest absolute Gasteiger partial charge is 0.344 e. The van der Waals surface area contributed by atoms with E-state index in [0.717, 1.165) is 12.0 Å². The molecule has 10 nitrogen and oxygen atoms in total. The van der Waals surface area contributed by atoms with Gasteiger partial charge in [0.2, 0.25) is 0 Å². The Labute approximate surface area is 219 Å². The molecule has 0 saturated heterocycles. The molecule has 12 heteroatoms. The molecular weight excluding hydrogens is 515 g/mol. The number of hydrogen-bond acceptors (Lipinski definition) is 9. The van der Waals surface area contributed by atoms with E-state index in [0.29, 0.717) is 59.7 Å². The van der Waals surface area contributed by atoms with Crippen LogP contribution in [0, 0.1) is 24.0 Å². The van der Waals surface area contributed by atoms with Crippen molar-refractivity contribution in [3.63, 3.8) is 0 Å². The number of nitro groups is 1. The summed E-state index contributed by atoms with van der Waals surface area (Å²) in [6, 6.07) is 5.92. The van der Waals surface area contributed by atoms with E-state index < -0.39 is 16.9 Å². The van der Waals surface area contributed by atoms with Crippen LogP contribution in [0.2, 0.25) is 0 Å². The summed E-state index contributed by atoms with van der Waals surface area (Å²) < 4.78 is 20.1. The summed E-state index contributed by atoms with van der Waals surface area (Å²) in [6.45, 7) is 4.44. The highest BCUT2D eigenvalue weighted by molar-refractivity contribution is 6.18. The molecule has 0 saturated carbocycles. The molecule has 36 heavy (non-hydrogen) atoms. The van der Waals surface area contributed by atoms with Crippen molar-refractivity contribution in [2.24, 2.45) is 0 Å². The number of anilines is 1. The molecule has 0 spiro atoms. The molecule has 2 aromatic rings. The van der Waals surface area contributed by atoms with E-state index in [1.807, 2.05) is 6.92 Å². The fourth-order valence-corrected chi connectivity index (χ4v) is 3.09. The van der Waals surface area contributed by atoms with E-state index in [1.54, 1.807) is 19.1 Å². The van der Waals surface area contributed by atoms with Crippen LogP contribution in [0.5, 0.6) is 11.5 Å². The molecule has 2 aromatic carbocycles. The lowest BCUT2D eigenvalue weighted by Crippen LogP contribution is -2.08. The molecule has 2 N–H and O–H groups in total. The summed E-state index contributed by atoms with van der Waals surface area (Å²) >= 11 is 11.1. The van der Waals surface area contributed by atoms with Gasteiger partial charge < -0.3 is 24.7 Å². The predicted molar refractivity (Wildman–Crippen MR) is 138 cm³/mol. The number of halogens is 2. The lowest BCUT2D eigenvalue weighted by atomic mass is 10.1. The lowest BCUT2D eigenvalue weighted by molar-refractivity contribution is -0.385. The SMILES string of the molecule is COC(=O)c1cc(C)c(OCCCCl)cc1N.COC(=O)c1cc(C)c(OCCCCl)cc1[N+](=O)[O-]. The van der Waals surface area contributed by atoms with Gasteiger partial charge in [-0.15, -0.1) is 23.2 Å². The van der Waals surface area contributed by atoms with Gasteiger partial charge in [0.1, 0.15) is 17.1 Å². The number of ether oxygens (including phenoxy) is 4. The maximum Gasteiger partial charge on any atom is 0.344 e. The normalized spacial score (nSPS) is 10.1. The predicted octanol–water partition coefficient (Wildman–Crippen LogP) is 5.07. The molecule has 0 aliphatic rings. The molecule has 0 aromatic heterocycles. The number of nitrogens with zero attached hydrogens (tertiary/aromatic N) is 1. The van der Waals surface area contributed by atoms with Gasteiger partial charge in [0.05, 0.1) is 44.0 Å². The number of alkyl halides is 2. The van der Waals surface area contributed by atoms with Gasteiger partial charge in [0.25, 0.3) is 5.69 Å². The van der Waals surface area contributed by atoms with E-state index in [2.05, 4.69) is 9.47 Å². The monoisotopic (exact) mass is 544 g/mol. The molecule has 2 rings (SSSR count). The number of nitro benzene ring substituents is 1. The van der Waals surface area contributed by atoms with Crippen LogP contribution < -0.4 is 15.2 Å². The molecule has 0 aliphatic heterocycles. The Morgan fingerprint density at radius 3 is 1.75 bits per heavy atom. The van der Waals surface area contributed by atoms with E-state index in [-0.39, 0.29) is 11.3 Å². The highest BCUT2D eigenvalue weighted by atomic mass is 35.5. The first-order valence-corrected chi connectivity index (χ1v) is 11.9. The average Bonchev–Trinajstić information content (AvgIpc) is 2.86. The van der Waals surface area contributed by atoms with E-state index in [4.69, 9.17) is 38.4 Å². The van der Waals surface area contributed by atoms with Crippen molar-refractivity contribution in [1.29, 1.82) is 0 Å². The zero-order valence-electron chi connectivity index (χ0n) is 20.6. The number of aryl methyl sites for hydroxylation is 2. The third-order valence-electron chi connectivity index (χ3n) is 4.72. The van der Waals surface area contributed by atoms with Crippen LogP contribution in [-0.4, -0.2) is 56.1 Å². The van der Waals surface area contributed by atoms with Gasteiger partial charge in [0.15, 0.2) is 0 Å². The largest absolute Gasteiger partial charge is 0.493 e. The zero-order chi connectivity index (χ0) is 27.3. The minimum absolute atomic E-state index is 0.0882. The topological polar surface area (TPSA) is 140 Å². The van der Waals surface area contributed by atoms with Gasteiger partial charge in [-0.25, -0.2) is 9.59 Å². The van der Waals surface area contributed by atoms with Crippen LogP contribution in [0.4, 0.5) is 11.4 Å². The number of carbonyl (C=O) groups excluding carboxylic acids is 2. The van der Waals surface area contributed by atoms with E-state index >= 15 is 0 Å². The molecule has 198 valence electrons. The second-order valence-electron chi connectivity index (χ2n) is 7.36. The summed E-state index contributed by atoms with van der Waals surface area (Å²) in [5.41, 5.74) is 7.51. The average molecular weight is 545 g/mol. The molecule has 0 atom stereocenters. The number of nitrogen functional groups attached to an aromatic ring is 1. The molecular formula is C24H30Cl2N2O8. The standard InChI is InChI=1S/C12H14ClNO5.C12H16ClNO3/c1-8-6-9(12(15)18-2)10(14(16)17)7-11(8)19-5-3-4-13;1-8-6-9(12(15)16-2)10(14)7-11(8)17-5-3-4-13/h6-7H,3-5H2,1-2H3;6-7H,3-5,14H2,1-2H3. The Balaban J connectivity index is 0.000000362. The van der Waals surface area contributed by atoms with Crippen molar-refractivity contribution in [1.82, 2.24) is 0 Å². The molecule has 0 radical (unpaired) electrons. The Hall–Kier alpha value is -3.24. The Morgan fingerprint density at radius 2 is 1.31 bits per heavy atom. The fraction of sp³-hybridized carbons (Fsp3) is 0.417. The summed E-state index contributed by atoms with van der Waals surface area (Å²) in [4.78, 5) is 33.2. The quantitative estimate of drug-likeness (QED) is 0.102. The molecule has 0 unspecified atom stereocenters. The van der Waals surface area contributed by atoms with Crippen molar-refractivity contribution < 1.29 is 33.5 Å². The van der Waals surface area contributed by atoms with Gasteiger partial charge in [-0.05, 0) is 49.9 Å². The number of hydrogen-bond donors (Lipinski definition) is 1. The van der Waals surface area contributed by atoms with Crippen LogP contribution >= 0.6 is 23.2 Å². The van der Waals surface area contributed by atoms with Crippen molar-refractivity contribution in [3.05, 3.63) is 56.6 Å². The maximum absolute atomic E-state index is 11.5. The molecule has 0 bridgehead atoms. The second kappa shape index (κ2) is 15.7. The summed E-state index contributed by atoms with van der Waals surface area (Å²) in [5, 5.41) is 11.0. The Morgan fingerprint density at radius 1 is 0.861 bits per heavy atom. The third kappa shape index (κ3) is 9.09. The van der Waals surface area contributed by atoms with Gasteiger partial charge in [-0.1, -0.05) is 0 Å². The van der Waals surface area contributed by atoms with Crippen LogP contribution in [-0.2, 0) is 9.47 Å². The van der Waals surface area contributed by atoms with Crippen LogP contribution in [0.1, 0.15) is 44.7 Å². The van der Waals surface area contributed by atoms with Gasteiger partial charge in [0, 0.05) is 23.5 Å². The van der Waals surface area contributed by atoms with Crippen LogP contribution in [0.3, 0.4) is 0 Å². The minimum atomic E-state index is -0.748. The summed E-state index contributed by atoms with van der Waals surface area (Å²) in [6.07, 6.45) is 1.40. The van der Waals surface area contributed by atoms with E-state index in [9.17, 15) is 19.7 Å². The number of esters is 2. The maximum atomic E-state index is 11.5. The number of carbonyl (C=O) groups is 2. The van der Waals surface area contributed by atoms with Crippen molar-refractivity contribution >= 4 is 46.5 Å². The first-order chi connectivity index (χ1) is 17.1. The summed E-state index contributed by atoms with van der Waals surface area (Å²) in [5.74, 6) is 0.834. The number of methoxy groups -OCH3 is 2. The number of nitrogens with two attached hydrogens (primary N) is 1. The highest BCUT2D eigenvalue weighted by Gasteiger charge is 2.23. The minimum Gasteiger partial charge on any atom is -0.493 e. The first-order valence-electron chi connectivity index (χ1n) is 10.8. The van der Waals surface area contributed by atoms with Gasteiger partial charge >= 0.3 is 11.9 Å². The molecule has 0 aliphatic carbocycles. The van der Waals surface area contributed by atoms with Crippen LogP contribution in [0.25, 0.3) is 0 Å². The molecule has 0 heterocycles. The lowest BCUT2D eigenvalue weighted by Gasteiger charge is -2.11. The van der Waals surface area contributed by atoms with Gasteiger partial charge in [-0.2, -0.15) is 0 Å². The highest BCUT2D eigenvalue weighted by Crippen LogP contribution is 2.29. The third-order valence-corrected chi connectivity index (χ3v) is 5.25.